The summed E-state index contributed by atoms with van der Waals surface area (Å²) >= 11 is 0. The summed E-state index contributed by atoms with van der Waals surface area (Å²) in [6, 6.07) is 14.6. The minimum atomic E-state index is 0.528. The predicted octanol–water partition coefficient (Wildman–Crippen LogP) is 4.48. The van der Waals surface area contributed by atoms with Gasteiger partial charge in [0.1, 0.15) is 12.4 Å². The SMILES string of the molecule is C=CCOc1ccccc1CNc1cc(C)cc(C)c1. The summed E-state index contributed by atoms with van der Waals surface area (Å²) in [6.45, 7) is 9.17. The van der Waals surface area contributed by atoms with E-state index < -0.39 is 0 Å². The number of para-hydroxylation sites is 1. The van der Waals surface area contributed by atoms with Gasteiger partial charge in [-0.05, 0) is 43.2 Å². The first-order valence-electron chi connectivity index (χ1n) is 6.83. The van der Waals surface area contributed by atoms with Crippen LogP contribution < -0.4 is 10.1 Å². The number of rotatable bonds is 6. The van der Waals surface area contributed by atoms with Crippen LogP contribution in [0.4, 0.5) is 5.69 Å². The number of anilines is 1. The van der Waals surface area contributed by atoms with Gasteiger partial charge >= 0.3 is 0 Å². The van der Waals surface area contributed by atoms with Gasteiger partial charge in [-0.25, -0.2) is 0 Å². The van der Waals surface area contributed by atoms with Crippen LogP contribution in [0.5, 0.6) is 5.75 Å². The molecule has 0 amide bonds. The maximum absolute atomic E-state index is 5.66. The topological polar surface area (TPSA) is 21.3 Å². The molecule has 20 heavy (non-hydrogen) atoms. The number of aryl methyl sites for hydroxylation is 2. The lowest BCUT2D eigenvalue weighted by molar-refractivity contribution is 0.359. The normalized spacial score (nSPS) is 10.1. The molecule has 2 nitrogen and oxygen atoms in total. The quantitative estimate of drug-likeness (QED) is 0.779. The fraction of sp³-hybridized carbons (Fsp3) is 0.222. The molecule has 2 rings (SSSR count). The standard InChI is InChI=1S/C18H21NO/c1-4-9-20-18-8-6-5-7-16(18)13-19-17-11-14(2)10-15(3)12-17/h4-8,10-12,19H,1,9,13H2,2-3H3. The Hall–Kier alpha value is -2.22. The first kappa shape index (κ1) is 14.2. The van der Waals surface area contributed by atoms with Gasteiger partial charge in [0.2, 0.25) is 0 Å². The second-order valence-corrected chi connectivity index (χ2v) is 4.94. The molecule has 2 aromatic carbocycles. The maximum atomic E-state index is 5.66. The van der Waals surface area contributed by atoms with Crippen LogP contribution in [-0.4, -0.2) is 6.61 Å². The van der Waals surface area contributed by atoms with Crippen LogP contribution >= 0.6 is 0 Å². The molecule has 0 aliphatic carbocycles. The Balaban J connectivity index is 2.08. The number of ether oxygens (including phenoxy) is 1. The van der Waals surface area contributed by atoms with Crippen LogP contribution in [0.1, 0.15) is 16.7 Å². The number of hydrogen-bond acceptors (Lipinski definition) is 2. The van der Waals surface area contributed by atoms with Crippen LogP contribution in [-0.2, 0) is 6.54 Å². The van der Waals surface area contributed by atoms with Crippen LogP contribution in [0.2, 0.25) is 0 Å². The fourth-order valence-corrected chi connectivity index (χ4v) is 2.21. The highest BCUT2D eigenvalue weighted by atomic mass is 16.5. The molecular formula is C18H21NO. The number of nitrogens with one attached hydrogen (secondary N) is 1. The van der Waals surface area contributed by atoms with Gasteiger partial charge in [0, 0.05) is 17.8 Å². The summed E-state index contributed by atoms with van der Waals surface area (Å²) in [5, 5.41) is 3.45. The number of benzene rings is 2. The maximum Gasteiger partial charge on any atom is 0.124 e. The molecule has 0 radical (unpaired) electrons. The largest absolute Gasteiger partial charge is 0.489 e. The second-order valence-electron chi connectivity index (χ2n) is 4.94. The summed E-state index contributed by atoms with van der Waals surface area (Å²) < 4.78 is 5.66. The van der Waals surface area contributed by atoms with Crippen molar-refractivity contribution in [3.05, 3.63) is 71.8 Å². The summed E-state index contributed by atoms with van der Waals surface area (Å²) in [7, 11) is 0. The third-order valence-corrected chi connectivity index (χ3v) is 3.03. The van der Waals surface area contributed by atoms with Gasteiger partial charge in [-0.2, -0.15) is 0 Å². The monoisotopic (exact) mass is 267 g/mol. The molecule has 0 atom stereocenters. The van der Waals surface area contributed by atoms with Crippen molar-refractivity contribution in [2.45, 2.75) is 20.4 Å². The second kappa shape index (κ2) is 6.80. The van der Waals surface area contributed by atoms with E-state index in [0.717, 1.165) is 23.5 Å². The first-order chi connectivity index (χ1) is 9.69. The van der Waals surface area contributed by atoms with E-state index in [1.54, 1.807) is 6.08 Å². The Bertz CT molecular complexity index is 569. The average molecular weight is 267 g/mol. The Labute approximate surface area is 121 Å². The molecule has 1 N–H and O–H groups in total. The van der Waals surface area contributed by atoms with Gasteiger partial charge in [0.15, 0.2) is 0 Å². The van der Waals surface area contributed by atoms with Crippen molar-refractivity contribution in [3.63, 3.8) is 0 Å². The van der Waals surface area contributed by atoms with Crippen molar-refractivity contribution in [2.75, 3.05) is 11.9 Å². The van der Waals surface area contributed by atoms with E-state index >= 15 is 0 Å². The summed E-state index contributed by atoms with van der Waals surface area (Å²) in [5.41, 5.74) is 4.82. The molecule has 0 saturated carbocycles. The van der Waals surface area contributed by atoms with E-state index in [4.69, 9.17) is 4.74 Å². The van der Waals surface area contributed by atoms with Gasteiger partial charge in [-0.1, -0.05) is 36.9 Å². The molecule has 2 aromatic rings. The fourth-order valence-electron chi connectivity index (χ4n) is 2.21. The minimum absolute atomic E-state index is 0.528. The van der Waals surface area contributed by atoms with Crippen LogP contribution in [0.25, 0.3) is 0 Å². The minimum Gasteiger partial charge on any atom is -0.489 e. The van der Waals surface area contributed by atoms with Crippen LogP contribution in [0, 0.1) is 13.8 Å². The van der Waals surface area contributed by atoms with Gasteiger partial charge in [0.05, 0.1) is 0 Å². The van der Waals surface area contributed by atoms with E-state index in [1.807, 2.05) is 18.2 Å². The molecule has 0 heterocycles. The number of hydrogen-bond donors (Lipinski definition) is 1. The van der Waals surface area contributed by atoms with Gasteiger partial charge < -0.3 is 10.1 Å². The van der Waals surface area contributed by atoms with Crippen LogP contribution in [0.15, 0.2) is 55.1 Å². The molecule has 0 bridgehead atoms. The lowest BCUT2D eigenvalue weighted by atomic mass is 10.1. The average Bonchev–Trinajstić information content (AvgIpc) is 2.43. The molecule has 0 unspecified atom stereocenters. The Kier molecular flexibility index (Phi) is 4.83. The Morgan fingerprint density at radius 1 is 1.10 bits per heavy atom. The smallest absolute Gasteiger partial charge is 0.124 e. The summed E-state index contributed by atoms with van der Waals surface area (Å²) in [4.78, 5) is 0. The third-order valence-electron chi connectivity index (χ3n) is 3.03. The molecule has 0 spiro atoms. The Morgan fingerprint density at radius 3 is 2.50 bits per heavy atom. The Morgan fingerprint density at radius 2 is 1.80 bits per heavy atom. The zero-order valence-electron chi connectivity index (χ0n) is 12.1. The zero-order chi connectivity index (χ0) is 14.4. The van der Waals surface area contributed by atoms with E-state index in [0.29, 0.717) is 6.61 Å². The molecule has 0 fully saturated rings. The zero-order valence-corrected chi connectivity index (χ0v) is 12.1. The van der Waals surface area contributed by atoms with Gasteiger partial charge in [-0.15, -0.1) is 0 Å². The van der Waals surface area contributed by atoms with Crippen molar-refractivity contribution in [2.24, 2.45) is 0 Å². The van der Waals surface area contributed by atoms with Crippen molar-refractivity contribution >= 4 is 5.69 Å². The molecule has 2 heteroatoms. The van der Waals surface area contributed by atoms with Crippen molar-refractivity contribution < 1.29 is 4.74 Å². The van der Waals surface area contributed by atoms with E-state index in [9.17, 15) is 0 Å². The first-order valence-corrected chi connectivity index (χ1v) is 6.83. The van der Waals surface area contributed by atoms with Crippen molar-refractivity contribution in [1.82, 2.24) is 0 Å². The van der Waals surface area contributed by atoms with Crippen molar-refractivity contribution in [1.29, 1.82) is 0 Å². The molecular weight excluding hydrogens is 246 g/mol. The van der Waals surface area contributed by atoms with E-state index in [2.05, 4.69) is 50.0 Å². The highest BCUT2D eigenvalue weighted by molar-refractivity contribution is 5.49. The molecule has 0 saturated heterocycles. The molecule has 104 valence electrons. The van der Waals surface area contributed by atoms with Gasteiger partial charge in [0.25, 0.3) is 0 Å². The highest BCUT2D eigenvalue weighted by Crippen LogP contribution is 2.20. The van der Waals surface area contributed by atoms with E-state index in [-0.39, 0.29) is 0 Å². The molecule has 0 aliphatic rings. The lowest BCUT2D eigenvalue weighted by Gasteiger charge is -2.12. The molecule has 0 aliphatic heterocycles. The predicted molar refractivity (Wildman–Crippen MR) is 85.4 cm³/mol. The highest BCUT2D eigenvalue weighted by Gasteiger charge is 2.02. The van der Waals surface area contributed by atoms with E-state index in [1.165, 1.54) is 11.1 Å². The van der Waals surface area contributed by atoms with Crippen LogP contribution in [0.3, 0.4) is 0 Å². The lowest BCUT2D eigenvalue weighted by Crippen LogP contribution is -2.03. The summed E-state index contributed by atoms with van der Waals surface area (Å²) in [6.07, 6.45) is 1.76. The third kappa shape index (κ3) is 3.89. The summed E-state index contributed by atoms with van der Waals surface area (Å²) in [5.74, 6) is 0.907. The van der Waals surface area contributed by atoms with Gasteiger partial charge in [-0.3, -0.25) is 0 Å². The van der Waals surface area contributed by atoms with Crippen molar-refractivity contribution in [3.8, 4) is 5.75 Å². The molecule has 0 aromatic heterocycles.